The number of carbonyl (C=O) groups excluding carboxylic acids is 2. The molecule has 0 aliphatic carbocycles. The van der Waals surface area contributed by atoms with Gasteiger partial charge in [-0.2, -0.15) is 0 Å². The lowest BCUT2D eigenvalue weighted by Crippen LogP contribution is -2.43. The second-order valence-corrected chi connectivity index (χ2v) is 6.75. The number of hydrogen-bond donors (Lipinski definition) is 2. The zero-order chi connectivity index (χ0) is 19.2. The van der Waals surface area contributed by atoms with Crippen LogP contribution in [0.5, 0.6) is 5.75 Å². The van der Waals surface area contributed by atoms with Gasteiger partial charge in [-0.25, -0.2) is 4.79 Å². The van der Waals surface area contributed by atoms with Crippen molar-refractivity contribution < 1.29 is 14.3 Å². The van der Waals surface area contributed by atoms with Gasteiger partial charge in [0.15, 0.2) is 0 Å². The van der Waals surface area contributed by atoms with Gasteiger partial charge >= 0.3 is 6.03 Å². The van der Waals surface area contributed by atoms with Gasteiger partial charge in [0.2, 0.25) is 5.91 Å². The summed E-state index contributed by atoms with van der Waals surface area (Å²) in [6, 6.07) is 14.9. The molecular weight excluding hydrogens is 342 g/mol. The first kappa shape index (κ1) is 18.8. The van der Waals surface area contributed by atoms with E-state index in [-0.39, 0.29) is 17.9 Å². The second-order valence-electron chi connectivity index (χ2n) is 6.75. The molecule has 3 amide bonds. The van der Waals surface area contributed by atoms with Crippen molar-refractivity contribution in [3.05, 3.63) is 54.1 Å². The number of nitrogens with one attached hydrogen (secondary N) is 2. The number of hydrogen-bond acceptors (Lipinski definition) is 3. The standard InChI is InChI=1S/C21H25N3O3/c1-15-7-9-17(10-8-15)22-20(25)16-11-13-24(14-12-16)21(26)23-18-5-3-4-6-19(18)27-2/h3-10,16H,11-14H2,1-2H3,(H,22,25)(H,23,26). The molecule has 0 spiro atoms. The van der Waals surface area contributed by atoms with Gasteiger partial charge < -0.3 is 20.3 Å². The normalized spacial score (nSPS) is 14.5. The Bertz CT molecular complexity index is 797. The molecule has 0 bridgehead atoms. The van der Waals surface area contributed by atoms with Crippen molar-refractivity contribution in [3.63, 3.8) is 0 Å². The lowest BCUT2D eigenvalue weighted by atomic mass is 9.96. The smallest absolute Gasteiger partial charge is 0.321 e. The Morgan fingerprint density at radius 2 is 1.67 bits per heavy atom. The predicted molar refractivity (Wildman–Crippen MR) is 106 cm³/mol. The highest BCUT2D eigenvalue weighted by Gasteiger charge is 2.27. The van der Waals surface area contributed by atoms with Gasteiger partial charge in [-0.1, -0.05) is 29.8 Å². The number of nitrogens with zero attached hydrogens (tertiary/aromatic N) is 1. The van der Waals surface area contributed by atoms with Gasteiger partial charge in [0.05, 0.1) is 12.8 Å². The van der Waals surface area contributed by atoms with Crippen LogP contribution in [0, 0.1) is 12.8 Å². The highest BCUT2D eigenvalue weighted by Crippen LogP contribution is 2.25. The van der Waals surface area contributed by atoms with Crippen molar-refractivity contribution in [1.29, 1.82) is 0 Å². The quantitative estimate of drug-likeness (QED) is 0.861. The van der Waals surface area contributed by atoms with Crippen LogP contribution in [0.15, 0.2) is 48.5 Å². The molecule has 6 nitrogen and oxygen atoms in total. The summed E-state index contributed by atoms with van der Waals surface area (Å²) in [5, 5.41) is 5.85. The minimum absolute atomic E-state index is 0.0173. The summed E-state index contributed by atoms with van der Waals surface area (Å²) in [6.45, 7) is 3.11. The average Bonchev–Trinajstić information content (AvgIpc) is 2.70. The van der Waals surface area contributed by atoms with Crippen molar-refractivity contribution in [2.75, 3.05) is 30.8 Å². The number of likely N-dealkylation sites (tertiary alicyclic amines) is 1. The second kappa shape index (κ2) is 8.58. The van der Waals surface area contributed by atoms with Gasteiger partial charge in [-0.05, 0) is 44.0 Å². The van der Waals surface area contributed by atoms with Crippen molar-refractivity contribution >= 4 is 23.3 Å². The van der Waals surface area contributed by atoms with Crippen LogP contribution in [0.25, 0.3) is 0 Å². The maximum Gasteiger partial charge on any atom is 0.321 e. The van der Waals surface area contributed by atoms with Crippen LogP contribution >= 0.6 is 0 Å². The molecule has 0 atom stereocenters. The number of rotatable bonds is 4. The summed E-state index contributed by atoms with van der Waals surface area (Å²) in [5.41, 5.74) is 2.61. The third kappa shape index (κ3) is 4.78. The third-order valence-corrected chi connectivity index (χ3v) is 4.82. The summed E-state index contributed by atoms with van der Waals surface area (Å²) in [5.74, 6) is 0.559. The highest BCUT2D eigenvalue weighted by molar-refractivity contribution is 5.93. The number of benzene rings is 2. The summed E-state index contributed by atoms with van der Waals surface area (Å²) in [4.78, 5) is 26.7. The van der Waals surface area contributed by atoms with Gasteiger partial charge in [-0.3, -0.25) is 4.79 Å². The SMILES string of the molecule is COc1ccccc1NC(=O)N1CCC(C(=O)Nc2ccc(C)cc2)CC1. The van der Waals surface area contributed by atoms with Gasteiger partial charge in [0.1, 0.15) is 5.75 Å². The Morgan fingerprint density at radius 3 is 2.33 bits per heavy atom. The van der Waals surface area contributed by atoms with Gasteiger partial charge in [-0.15, -0.1) is 0 Å². The van der Waals surface area contributed by atoms with Crippen LogP contribution in [0.1, 0.15) is 18.4 Å². The Morgan fingerprint density at radius 1 is 1.00 bits per heavy atom. The summed E-state index contributed by atoms with van der Waals surface area (Å²) in [6.07, 6.45) is 1.30. The van der Waals surface area contributed by atoms with Crippen LogP contribution in [-0.4, -0.2) is 37.0 Å². The summed E-state index contributed by atoms with van der Waals surface area (Å²) < 4.78 is 5.26. The lowest BCUT2D eigenvalue weighted by Gasteiger charge is -2.31. The molecule has 0 saturated carbocycles. The molecule has 2 aromatic rings. The first-order valence-corrected chi connectivity index (χ1v) is 9.13. The van der Waals surface area contributed by atoms with Crippen molar-refractivity contribution in [1.82, 2.24) is 4.90 Å². The molecule has 1 heterocycles. The van der Waals surface area contributed by atoms with Gasteiger partial charge in [0.25, 0.3) is 0 Å². The average molecular weight is 367 g/mol. The minimum atomic E-state index is -0.170. The number of methoxy groups -OCH3 is 1. The fourth-order valence-electron chi connectivity index (χ4n) is 3.17. The van der Waals surface area contributed by atoms with Crippen LogP contribution in [0.2, 0.25) is 0 Å². The largest absolute Gasteiger partial charge is 0.495 e. The number of piperidine rings is 1. The van der Waals surface area contributed by atoms with Crippen molar-refractivity contribution in [2.45, 2.75) is 19.8 Å². The summed E-state index contributed by atoms with van der Waals surface area (Å²) in [7, 11) is 1.57. The highest BCUT2D eigenvalue weighted by atomic mass is 16.5. The van der Waals surface area contributed by atoms with E-state index in [1.165, 1.54) is 0 Å². The van der Waals surface area contributed by atoms with E-state index >= 15 is 0 Å². The molecule has 0 unspecified atom stereocenters. The molecule has 142 valence electrons. The van der Waals surface area contributed by atoms with Crippen molar-refractivity contribution in [2.24, 2.45) is 5.92 Å². The number of amides is 3. The number of aryl methyl sites for hydroxylation is 1. The van der Waals surface area contributed by atoms with Gasteiger partial charge in [0, 0.05) is 24.7 Å². The van der Waals surface area contributed by atoms with Crippen molar-refractivity contribution in [3.8, 4) is 5.75 Å². The molecule has 27 heavy (non-hydrogen) atoms. The molecular formula is C21H25N3O3. The molecule has 2 aromatic carbocycles. The van der Waals surface area contributed by atoms with E-state index in [0.717, 1.165) is 11.3 Å². The van der Waals surface area contributed by atoms with Crippen LogP contribution < -0.4 is 15.4 Å². The van der Waals surface area contributed by atoms with E-state index in [9.17, 15) is 9.59 Å². The first-order chi connectivity index (χ1) is 13.1. The van der Waals surface area contributed by atoms with E-state index in [1.54, 1.807) is 24.1 Å². The van der Waals surface area contributed by atoms with Crippen LogP contribution in [0.4, 0.5) is 16.2 Å². The molecule has 1 aliphatic rings. The zero-order valence-corrected chi connectivity index (χ0v) is 15.7. The van der Waals surface area contributed by atoms with E-state index in [0.29, 0.717) is 37.4 Å². The van der Waals surface area contributed by atoms with E-state index in [2.05, 4.69) is 10.6 Å². The first-order valence-electron chi connectivity index (χ1n) is 9.13. The molecule has 0 aromatic heterocycles. The number of ether oxygens (including phenoxy) is 1. The van der Waals surface area contributed by atoms with Crippen LogP contribution in [-0.2, 0) is 4.79 Å². The molecule has 1 aliphatic heterocycles. The number of urea groups is 1. The van der Waals surface area contributed by atoms with E-state index in [4.69, 9.17) is 4.74 Å². The molecule has 0 radical (unpaired) electrons. The number of para-hydroxylation sites is 2. The van der Waals surface area contributed by atoms with E-state index < -0.39 is 0 Å². The topological polar surface area (TPSA) is 70.7 Å². The summed E-state index contributed by atoms with van der Waals surface area (Å²) >= 11 is 0. The molecule has 1 fully saturated rings. The van der Waals surface area contributed by atoms with Crippen LogP contribution in [0.3, 0.4) is 0 Å². The maximum atomic E-state index is 12.5. The number of carbonyl (C=O) groups is 2. The Labute approximate surface area is 159 Å². The third-order valence-electron chi connectivity index (χ3n) is 4.82. The molecule has 6 heteroatoms. The monoisotopic (exact) mass is 367 g/mol. The number of anilines is 2. The Kier molecular flexibility index (Phi) is 5.96. The Balaban J connectivity index is 1.51. The lowest BCUT2D eigenvalue weighted by molar-refractivity contribution is -0.121. The Hall–Kier alpha value is -3.02. The van der Waals surface area contributed by atoms with E-state index in [1.807, 2.05) is 43.3 Å². The predicted octanol–water partition coefficient (Wildman–Crippen LogP) is 3.89. The zero-order valence-electron chi connectivity index (χ0n) is 15.7. The molecule has 1 saturated heterocycles. The molecule has 2 N–H and O–H groups in total. The fourth-order valence-corrected chi connectivity index (χ4v) is 3.17. The minimum Gasteiger partial charge on any atom is -0.495 e. The maximum absolute atomic E-state index is 12.5. The fraction of sp³-hybridized carbons (Fsp3) is 0.333. The molecule has 3 rings (SSSR count).